The summed E-state index contributed by atoms with van der Waals surface area (Å²) in [5.74, 6) is 0.949. The number of pyridine rings is 1. The molecule has 0 bridgehead atoms. The number of aryl methyl sites for hydroxylation is 4. The van der Waals surface area contributed by atoms with Gasteiger partial charge in [-0.3, -0.25) is 14.2 Å². The molecule has 6 aromatic rings. The molecule has 53 heavy (non-hydrogen) atoms. The Morgan fingerprint density at radius 3 is 1.98 bits per heavy atom. The summed E-state index contributed by atoms with van der Waals surface area (Å²) in [5, 5.41) is 26.7. The first-order valence-corrected chi connectivity index (χ1v) is 17.2. The SMILES string of the molecule is CCOC(=O)c1nn(C)c2c1CCc1cnc(Nc3ccccn3)nc1-2.Cn1nc(C(=O)NCCO)c2c1-c1nc(Nc3ccccc3)ncc1CC2. The first-order chi connectivity index (χ1) is 25.8. The van der Waals surface area contributed by atoms with Gasteiger partial charge in [0, 0.05) is 56.0 Å². The Morgan fingerprint density at radius 2 is 1.38 bits per heavy atom. The molecule has 0 spiro atoms. The normalized spacial score (nSPS) is 12.2. The van der Waals surface area contributed by atoms with E-state index in [9.17, 15) is 9.59 Å². The van der Waals surface area contributed by atoms with Crippen molar-refractivity contribution in [3.8, 4) is 22.8 Å². The fourth-order valence-corrected chi connectivity index (χ4v) is 6.43. The van der Waals surface area contributed by atoms with Gasteiger partial charge in [-0.2, -0.15) is 10.2 Å². The summed E-state index contributed by atoms with van der Waals surface area (Å²) in [7, 11) is 3.62. The summed E-state index contributed by atoms with van der Waals surface area (Å²) < 4.78 is 8.52. The van der Waals surface area contributed by atoms with E-state index in [0.29, 0.717) is 48.6 Å². The minimum Gasteiger partial charge on any atom is -0.461 e. The molecular formula is C37H38N12O4. The van der Waals surface area contributed by atoms with Crippen LogP contribution in [-0.2, 0) is 44.5 Å². The van der Waals surface area contributed by atoms with Crippen molar-refractivity contribution in [1.82, 2.24) is 49.8 Å². The third kappa shape index (κ3) is 7.30. The Hall–Kier alpha value is -6.55. The molecule has 0 aliphatic heterocycles. The molecule has 0 radical (unpaired) electrons. The molecule has 0 saturated heterocycles. The number of hydrogen-bond donors (Lipinski definition) is 4. The fraction of sp³-hybridized carbons (Fsp3) is 0.270. The van der Waals surface area contributed by atoms with Gasteiger partial charge in [0.05, 0.1) is 36.0 Å². The maximum atomic E-state index is 12.4. The summed E-state index contributed by atoms with van der Waals surface area (Å²) in [6.45, 7) is 2.20. The molecule has 0 atom stereocenters. The summed E-state index contributed by atoms with van der Waals surface area (Å²) >= 11 is 0. The average Bonchev–Trinajstić information content (AvgIpc) is 3.71. The van der Waals surface area contributed by atoms with Gasteiger partial charge in [-0.15, -0.1) is 0 Å². The van der Waals surface area contributed by atoms with Gasteiger partial charge in [0.25, 0.3) is 5.91 Å². The Balaban J connectivity index is 0.000000164. The highest BCUT2D eigenvalue weighted by Crippen LogP contribution is 2.35. The molecule has 270 valence electrons. The topological polar surface area (TPSA) is 200 Å². The van der Waals surface area contributed by atoms with Crippen LogP contribution in [0.5, 0.6) is 0 Å². The number of aromatic nitrogens is 9. The number of esters is 1. The zero-order valence-corrected chi connectivity index (χ0v) is 29.5. The van der Waals surface area contributed by atoms with Crippen LogP contribution in [0.25, 0.3) is 22.8 Å². The minimum atomic E-state index is -0.395. The lowest BCUT2D eigenvalue weighted by Crippen LogP contribution is -2.28. The Bertz CT molecular complexity index is 2270. The highest BCUT2D eigenvalue weighted by atomic mass is 16.5. The maximum absolute atomic E-state index is 12.4. The van der Waals surface area contributed by atoms with E-state index < -0.39 is 5.97 Å². The Labute approximate surface area is 304 Å². The van der Waals surface area contributed by atoms with Crippen LogP contribution in [0.2, 0.25) is 0 Å². The number of amides is 1. The van der Waals surface area contributed by atoms with Crippen LogP contribution >= 0.6 is 0 Å². The number of fused-ring (bicyclic) bond motifs is 6. The van der Waals surface area contributed by atoms with Gasteiger partial charge in [0.1, 0.15) is 5.82 Å². The molecule has 0 fully saturated rings. The number of carbonyl (C=O) groups is 2. The number of nitrogens with zero attached hydrogens (tertiary/aromatic N) is 9. The highest BCUT2D eigenvalue weighted by molar-refractivity contribution is 5.96. The number of rotatable bonds is 9. The van der Waals surface area contributed by atoms with Gasteiger partial charge in [-0.05, 0) is 68.0 Å². The summed E-state index contributed by atoms with van der Waals surface area (Å²) in [6, 6.07) is 15.3. The van der Waals surface area contributed by atoms with E-state index in [1.807, 2.05) is 75.0 Å². The van der Waals surface area contributed by atoms with E-state index in [0.717, 1.165) is 63.6 Å². The van der Waals surface area contributed by atoms with Gasteiger partial charge in [0.15, 0.2) is 11.4 Å². The van der Waals surface area contributed by atoms with E-state index in [1.165, 1.54) is 0 Å². The Kier molecular flexibility index (Phi) is 10.1. The third-order valence-corrected chi connectivity index (χ3v) is 8.77. The standard InChI is InChI=1S/C19H20N6O2.C18H18N6O2/c1-25-17-14(16(24-25)18(27)20-9-10-26)8-7-12-11-21-19(23-15(12)17)22-13-5-3-2-4-6-13;1-3-26-17(25)15-12-8-7-11-10-20-18(21-13-6-4-5-9-19-13)22-14(11)16(12)24(2)23-15/h2-6,11,26H,7-10H2,1H3,(H,20,27)(H,21,22,23);4-6,9-10H,3,7-8H2,1-2H3,(H,19,20,21,22). The van der Waals surface area contributed by atoms with Gasteiger partial charge < -0.3 is 25.8 Å². The number of hydrogen-bond acceptors (Lipinski definition) is 13. The molecule has 4 N–H and O–H groups in total. The number of aliphatic hydroxyl groups excluding tert-OH is 1. The third-order valence-electron chi connectivity index (χ3n) is 8.77. The van der Waals surface area contributed by atoms with Gasteiger partial charge in [-0.25, -0.2) is 29.7 Å². The van der Waals surface area contributed by atoms with Crippen molar-refractivity contribution in [2.45, 2.75) is 32.6 Å². The number of ether oxygens (including phenoxy) is 1. The molecule has 1 amide bonds. The molecular weight excluding hydrogens is 676 g/mol. The number of para-hydroxylation sites is 1. The van der Waals surface area contributed by atoms with Crippen molar-refractivity contribution in [3.63, 3.8) is 0 Å². The number of nitrogens with one attached hydrogen (secondary N) is 3. The first kappa shape index (κ1) is 34.9. The minimum absolute atomic E-state index is 0.106. The molecule has 0 unspecified atom stereocenters. The summed E-state index contributed by atoms with van der Waals surface area (Å²) in [6.07, 6.45) is 8.26. The molecule has 2 aliphatic rings. The molecule has 0 saturated carbocycles. The van der Waals surface area contributed by atoms with E-state index >= 15 is 0 Å². The van der Waals surface area contributed by atoms with Crippen molar-refractivity contribution in [3.05, 3.63) is 101 Å². The monoisotopic (exact) mass is 714 g/mol. The fourth-order valence-electron chi connectivity index (χ4n) is 6.43. The van der Waals surface area contributed by atoms with E-state index in [1.54, 1.807) is 22.5 Å². The predicted octanol–water partition coefficient (Wildman–Crippen LogP) is 3.73. The van der Waals surface area contributed by atoms with Crippen molar-refractivity contribution < 1.29 is 19.4 Å². The molecule has 5 aromatic heterocycles. The van der Waals surface area contributed by atoms with E-state index in [4.69, 9.17) is 14.8 Å². The molecule has 16 heteroatoms. The average molecular weight is 715 g/mol. The number of carbonyl (C=O) groups excluding carboxylic acids is 2. The van der Waals surface area contributed by atoms with Crippen molar-refractivity contribution in [2.24, 2.45) is 14.1 Å². The number of anilines is 4. The molecule has 1 aromatic carbocycles. The van der Waals surface area contributed by atoms with E-state index in [-0.39, 0.29) is 19.1 Å². The summed E-state index contributed by atoms with van der Waals surface area (Å²) in [5.41, 5.74) is 8.73. The van der Waals surface area contributed by atoms with Crippen LogP contribution in [0.15, 0.2) is 67.1 Å². The summed E-state index contributed by atoms with van der Waals surface area (Å²) in [4.78, 5) is 46.9. The molecule has 16 nitrogen and oxygen atoms in total. The lowest BCUT2D eigenvalue weighted by atomic mass is 9.93. The van der Waals surface area contributed by atoms with Crippen LogP contribution in [0.1, 0.15) is 50.2 Å². The highest BCUT2D eigenvalue weighted by Gasteiger charge is 2.30. The van der Waals surface area contributed by atoms with Crippen molar-refractivity contribution >= 4 is 35.3 Å². The second-order valence-electron chi connectivity index (χ2n) is 12.3. The van der Waals surface area contributed by atoms with Gasteiger partial charge >= 0.3 is 5.97 Å². The lowest BCUT2D eigenvalue weighted by molar-refractivity contribution is 0.0517. The van der Waals surface area contributed by atoms with Crippen molar-refractivity contribution in [2.75, 3.05) is 30.4 Å². The van der Waals surface area contributed by atoms with Crippen LogP contribution < -0.4 is 16.0 Å². The molecule has 8 rings (SSSR count). The van der Waals surface area contributed by atoms with Crippen LogP contribution in [0.4, 0.5) is 23.4 Å². The number of benzene rings is 1. The number of aliphatic hydroxyl groups is 1. The zero-order valence-electron chi connectivity index (χ0n) is 29.5. The van der Waals surface area contributed by atoms with Gasteiger partial charge in [-0.1, -0.05) is 24.3 Å². The Morgan fingerprint density at radius 1 is 0.774 bits per heavy atom. The lowest BCUT2D eigenvalue weighted by Gasteiger charge is -2.17. The first-order valence-electron chi connectivity index (χ1n) is 17.2. The van der Waals surface area contributed by atoms with Crippen LogP contribution in [-0.4, -0.2) is 81.2 Å². The second-order valence-corrected chi connectivity index (χ2v) is 12.3. The predicted molar refractivity (Wildman–Crippen MR) is 196 cm³/mol. The van der Waals surface area contributed by atoms with Gasteiger partial charge in [0.2, 0.25) is 11.9 Å². The second kappa shape index (κ2) is 15.4. The van der Waals surface area contributed by atoms with Crippen molar-refractivity contribution in [1.29, 1.82) is 0 Å². The van der Waals surface area contributed by atoms with E-state index in [2.05, 4.69) is 46.1 Å². The zero-order chi connectivity index (χ0) is 36.9. The molecule has 5 heterocycles. The maximum Gasteiger partial charge on any atom is 0.359 e. The largest absolute Gasteiger partial charge is 0.461 e. The van der Waals surface area contributed by atoms with Crippen LogP contribution in [0.3, 0.4) is 0 Å². The smallest absolute Gasteiger partial charge is 0.359 e. The molecule has 2 aliphatic carbocycles. The quantitative estimate of drug-likeness (QED) is 0.158. The van der Waals surface area contributed by atoms with Crippen LogP contribution in [0, 0.1) is 0 Å².